The normalized spacial score (nSPS) is 14.8. The maximum absolute atomic E-state index is 5.29. The molecule has 98 valence electrons. The van der Waals surface area contributed by atoms with Crippen molar-refractivity contribution in [2.45, 2.75) is 45.3 Å². The van der Waals surface area contributed by atoms with Gasteiger partial charge in [0.25, 0.3) is 0 Å². The number of aryl methyl sites for hydroxylation is 1. The highest BCUT2D eigenvalue weighted by molar-refractivity contribution is 5.05. The molecule has 4 nitrogen and oxygen atoms in total. The standard InChI is InChI=1S/C13H25N3O/c1-5-9-14-12(7-6-11(2)17-4)13-8-10-16(3)15-13/h8,10-12,14H,5-7,9H2,1-4H3. The van der Waals surface area contributed by atoms with E-state index >= 15 is 0 Å². The largest absolute Gasteiger partial charge is 0.382 e. The van der Waals surface area contributed by atoms with Crippen LogP contribution in [0.25, 0.3) is 0 Å². The van der Waals surface area contributed by atoms with E-state index in [1.165, 1.54) is 0 Å². The summed E-state index contributed by atoms with van der Waals surface area (Å²) in [6.07, 6.45) is 5.56. The van der Waals surface area contributed by atoms with Crippen molar-refractivity contribution in [3.63, 3.8) is 0 Å². The fourth-order valence-corrected chi connectivity index (χ4v) is 1.81. The van der Waals surface area contributed by atoms with Gasteiger partial charge in [-0.05, 0) is 38.8 Å². The Morgan fingerprint density at radius 2 is 2.24 bits per heavy atom. The highest BCUT2D eigenvalue weighted by Gasteiger charge is 2.14. The van der Waals surface area contributed by atoms with Crippen LogP contribution < -0.4 is 5.32 Å². The minimum absolute atomic E-state index is 0.310. The molecule has 2 unspecified atom stereocenters. The molecule has 0 radical (unpaired) electrons. The molecule has 1 heterocycles. The van der Waals surface area contributed by atoms with Crippen LogP contribution >= 0.6 is 0 Å². The summed E-state index contributed by atoms with van der Waals surface area (Å²) in [5, 5.41) is 8.03. The van der Waals surface area contributed by atoms with E-state index in [1.54, 1.807) is 7.11 Å². The van der Waals surface area contributed by atoms with E-state index in [1.807, 2.05) is 17.9 Å². The number of methoxy groups -OCH3 is 1. The van der Waals surface area contributed by atoms with Crippen molar-refractivity contribution in [1.29, 1.82) is 0 Å². The van der Waals surface area contributed by atoms with Crippen molar-refractivity contribution in [2.75, 3.05) is 13.7 Å². The average Bonchev–Trinajstić information content (AvgIpc) is 2.75. The Morgan fingerprint density at radius 3 is 2.76 bits per heavy atom. The van der Waals surface area contributed by atoms with Crippen LogP contribution in [0.15, 0.2) is 12.3 Å². The van der Waals surface area contributed by atoms with Gasteiger partial charge in [-0.15, -0.1) is 0 Å². The number of nitrogens with zero attached hydrogens (tertiary/aromatic N) is 2. The van der Waals surface area contributed by atoms with Gasteiger partial charge in [-0.3, -0.25) is 4.68 Å². The van der Waals surface area contributed by atoms with E-state index in [0.29, 0.717) is 12.1 Å². The molecule has 0 aliphatic heterocycles. The molecule has 17 heavy (non-hydrogen) atoms. The second-order valence-corrected chi connectivity index (χ2v) is 4.54. The van der Waals surface area contributed by atoms with Crippen molar-refractivity contribution in [3.8, 4) is 0 Å². The smallest absolute Gasteiger partial charge is 0.0793 e. The van der Waals surface area contributed by atoms with Crippen LogP contribution in [0.2, 0.25) is 0 Å². The van der Waals surface area contributed by atoms with E-state index in [-0.39, 0.29) is 0 Å². The Kier molecular flexibility index (Phi) is 6.22. The molecule has 1 aromatic rings. The summed E-state index contributed by atoms with van der Waals surface area (Å²) in [5.74, 6) is 0. The molecule has 1 N–H and O–H groups in total. The predicted octanol–water partition coefficient (Wildman–Crippen LogP) is 2.28. The molecule has 0 saturated carbocycles. The number of aromatic nitrogens is 2. The lowest BCUT2D eigenvalue weighted by molar-refractivity contribution is 0.106. The number of hydrogen-bond donors (Lipinski definition) is 1. The number of nitrogens with one attached hydrogen (secondary N) is 1. The van der Waals surface area contributed by atoms with Gasteiger partial charge < -0.3 is 10.1 Å². The van der Waals surface area contributed by atoms with Crippen molar-refractivity contribution < 1.29 is 4.74 Å². The van der Waals surface area contributed by atoms with Gasteiger partial charge in [-0.2, -0.15) is 5.10 Å². The average molecular weight is 239 g/mol. The molecular formula is C13H25N3O. The molecular weight excluding hydrogens is 214 g/mol. The Labute approximate surface area is 104 Å². The van der Waals surface area contributed by atoms with Gasteiger partial charge in [-0.25, -0.2) is 0 Å². The summed E-state index contributed by atoms with van der Waals surface area (Å²) in [6.45, 7) is 5.32. The highest BCUT2D eigenvalue weighted by atomic mass is 16.5. The SMILES string of the molecule is CCCNC(CCC(C)OC)c1ccn(C)n1. The van der Waals surface area contributed by atoms with Gasteiger partial charge >= 0.3 is 0 Å². The summed E-state index contributed by atoms with van der Waals surface area (Å²) >= 11 is 0. The fourth-order valence-electron chi connectivity index (χ4n) is 1.81. The topological polar surface area (TPSA) is 39.1 Å². The van der Waals surface area contributed by atoms with Gasteiger partial charge in [0.2, 0.25) is 0 Å². The zero-order valence-electron chi connectivity index (χ0n) is 11.4. The third-order valence-corrected chi connectivity index (χ3v) is 3.00. The molecule has 4 heteroatoms. The van der Waals surface area contributed by atoms with Crippen LogP contribution in [-0.2, 0) is 11.8 Å². The van der Waals surface area contributed by atoms with Gasteiger partial charge in [0.1, 0.15) is 0 Å². The van der Waals surface area contributed by atoms with Crippen molar-refractivity contribution in [3.05, 3.63) is 18.0 Å². The monoisotopic (exact) mass is 239 g/mol. The van der Waals surface area contributed by atoms with Crippen LogP contribution in [0.5, 0.6) is 0 Å². The molecule has 0 spiro atoms. The van der Waals surface area contributed by atoms with Gasteiger partial charge in [0.15, 0.2) is 0 Å². The summed E-state index contributed by atoms with van der Waals surface area (Å²) in [6, 6.07) is 2.43. The molecule has 0 aromatic carbocycles. The second kappa shape index (κ2) is 7.45. The first-order valence-corrected chi connectivity index (χ1v) is 6.43. The summed E-state index contributed by atoms with van der Waals surface area (Å²) in [7, 11) is 3.72. The Balaban J connectivity index is 2.54. The van der Waals surface area contributed by atoms with Crippen LogP contribution in [0, 0.1) is 0 Å². The van der Waals surface area contributed by atoms with Gasteiger partial charge in [-0.1, -0.05) is 6.92 Å². The number of rotatable bonds is 8. The molecule has 1 aromatic heterocycles. The molecule has 0 bridgehead atoms. The second-order valence-electron chi connectivity index (χ2n) is 4.54. The van der Waals surface area contributed by atoms with Gasteiger partial charge in [0.05, 0.1) is 17.8 Å². The number of hydrogen-bond acceptors (Lipinski definition) is 3. The lowest BCUT2D eigenvalue weighted by Crippen LogP contribution is -2.24. The maximum Gasteiger partial charge on any atom is 0.0793 e. The first-order chi connectivity index (χ1) is 8.17. The molecule has 0 saturated heterocycles. The number of ether oxygens (including phenoxy) is 1. The third kappa shape index (κ3) is 4.88. The third-order valence-electron chi connectivity index (χ3n) is 3.00. The van der Waals surface area contributed by atoms with Crippen molar-refractivity contribution in [2.24, 2.45) is 7.05 Å². The zero-order valence-corrected chi connectivity index (χ0v) is 11.4. The van der Waals surface area contributed by atoms with Crippen molar-refractivity contribution >= 4 is 0 Å². The lowest BCUT2D eigenvalue weighted by Gasteiger charge is -2.18. The lowest BCUT2D eigenvalue weighted by atomic mass is 10.1. The van der Waals surface area contributed by atoms with Crippen LogP contribution in [0.4, 0.5) is 0 Å². The molecule has 0 fully saturated rings. The first-order valence-electron chi connectivity index (χ1n) is 6.43. The van der Waals surface area contributed by atoms with E-state index in [9.17, 15) is 0 Å². The fraction of sp³-hybridized carbons (Fsp3) is 0.769. The van der Waals surface area contributed by atoms with Crippen molar-refractivity contribution in [1.82, 2.24) is 15.1 Å². The Bertz CT molecular complexity index is 311. The summed E-state index contributed by atoms with van der Waals surface area (Å²) in [5.41, 5.74) is 1.13. The molecule has 2 atom stereocenters. The van der Waals surface area contributed by atoms with E-state index in [0.717, 1.165) is 31.5 Å². The highest BCUT2D eigenvalue weighted by Crippen LogP contribution is 2.18. The van der Waals surface area contributed by atoms with Gasteiger partial charge in [0, 0.05) is 20.4 Å². The molecule has 0 amide bonds. The predicted molar refractivity (Wildman–Crippen MR) is 69.9 cm³/mol. The van der Waals surface area contributed by atoms with E-state index < -0.39 is 0 Å². The maximum atomic E-state index is 5.29. The first kappa shape index (κ1) is 14.2. The van der Waals surface area contributed by atoms with E-state index in [2.05, 4.69) is 30.3 Å². The Morgan fingerprint density at radius 1 is 1.47 bits per heavy atom. The van der Waals surface area contributed by atoms with Crippen LogP contribution in [0.3, 0.4) is 0 Å². The van der Waals surface area contributed by atoms with Crippen LogP contribution in [0.1, 0.15) is 44.8 Å². The summed E-state index contributed by atoms with van der Waals surface area (Å²) in [4.78, 5) is 0. The molecule has 0 aliphatic carbocycles. The molecule has 0 aliphatic rings. The summed E-state index contributed by atoms with van der Waals surface area (Å²) < 4.78 is 7.15. The van der Waals surface area contributed by atoms with E-state index in [4.69, 9.17) is 4.74 Å². The minimum atomic E-state index is 0.310. The quantitative estimate of drug-likeness (QED) is 0.756. The Hall–Kier alpha value is -0.870. The minimum Gasteiger partial charge on any atom is -0.382 e. The molecule has 1 rings (SSSR count). The zero-order chi connectivity index (χ0) is 12.7. The van der Waals surface area contributed by atoms with Crippen LogP contribution in [-0.4, -0.2) is 29.5 Å².